The zero-order valence-corrected chi connectivity index (χ0v) is 15.3. The van der Waals surface area contributed by atoms with E-state index in [0.29, 0.717) is 19.0 Å². The Kier molecular flexibility index (Phi) is 6.28. The number of primary amides is 1. The van der Waals surface area contributed by atoms with Crippen molar-refractivity contribution in [2.24, 2.45) is 23.1 Å². The van der Waals surface area contributed by atoms with Crippen molar-refractivity contribution in [3.8, 4) is 11.1 Å². The molecule has 0 aliphatic heterocycles. The van der Waals surface area contributed by atoms with Gasteiger partial charge in [0.1, 0.15) is 0 Å². The van der Waals surface area contributed by atoms with E-state index in [2.05, 4.69) is 13.8 Å². The molecule has 6 N–H and O–H groups in total. The fraction of sp³-hybridized carbons (Fsp3) is 0.400. The number of aromatic nitrogens is 1. The van der Waals surface area contributed by atoms with Crippen molar-refractivity contribution in [2.45, 2.75) is 46.7 Å². The minimum absolute atomic E-state index is 0.155. The molecule has 0 radical (unpaired) electrons. The molecule has 0 aliphatic rings. The summed E-state index contributed by atoms with van der Waals surface area (Å²) in [7, 11) is 0. The van der Waals surface area contributed by atoms with Gasteiger partial charge < -0.3 is 17.2 Å². The number of pyridine rings is 1. The molecular weight excluding hydrogens is 312 g/mol. The Morgan fingerprint density at radius 2 is 1.72 bits per heavy atom. The van der Waals surface area contributed by atoms with Crippen LogP contribution in [0.5, 0.6) is 0 Å². The van der Waals surface area contributed by atoms with Crippen molar-refractivity contribution in [3.05, 3.63) is 52.3 Å². The Hall–Kier alpha value is -2.24. The lowest BCUT2D eigenvalue weighted by Crippen LogP contribution is -2.19. The van der Waals surface area contributed by atoms with E-state index >= 15 is 0 Å². The van der Waals surface area contributed by atoms with Crippen LogP contribution in [0.1, 0.15) is 41.9 Å². The van der Waals surface area contributed by atoms with E-state index in [9.17, 15) is 4.79 Å². The molecule has 2 aromatic rings. The van der Waals surface area contributed by atoms with Crippen LogP contribution in [0.4, 0.5) is 0 Å². The van der Waals surface area contributed by atoms with Gasteiger partial charge in [0.05, 0.1) is 6.42 Å². The quantitative estimate of drug-likeness (QED) is 0.718. The molecule has 5 nitrogen and oxygen atoms in total. The van der Waals surface area contributed by atoms with Crippen LogP contribution in [0, 0.1) is 12.8 Å². The van der Waals surface area contributed by atoms with Crippen LogP contribution in [0.2, 0.25) is 0 Å². The molecule has 1 amide bonds. The highest BCUT2D eigenvalue weighted by molar-refractivity contribution is 5.82. The molecule has 0 saturated heterocycles. The number of amides is 1. The average molecular weight is 340 g/mol. The van der Waals surface area contributed by atoms with E-state index in [0.717, 1.165) is 45.6 Å². The van der Waals surface area contributed by atoms with Crippen molar-refractivity contribution in [3.63, 3.8) is 0 Å². The third-order valence-corrected chi connectivity index (χ3v) is 4.33. The van der Waals surface area contributed by atoms with E-state index in [-0.39, 0.29) is 12.3 Å². The highest BCUT2D eigenvalue weighted by Crippen LogP contribution is 2.32. The number of nitrogens with two attached hydrogens (primary N) is 3. The van der Waals surface area contributed by atoms with Gasteiger partial charge in [0.15, 0.2) is 0 Å². The molecule has 134 valence electrons. The van der Waals surface area contributed by atoms with Crippen LogP contribution in [0.25, 0.3) is 11.1 Å². The Bertz CT molecular complexity index is 751. The number of rotatable bonds is 7. The van der Waals surface area contributed by atoms with E-state index < -0.39 is 0 Å². The highest BCUT2D eigenvalue weighted by Gasteiger charge is 2.20. The first-order chi connectivity index (χ1) is 11.9. The van der Waals surface area contributed by atoms with Gasteiger partial charge in [0, 0.05) is 24.5 Å². The van der Waals surface area contributed by atoms with E-state index in [4.69, 9.17) is 22.2 Å². The van der Waals surface area contributed by atoms with Crippen LogP contribution in [0.15, 0.2) is 24.3 Å². The van der Waals surface area contributed by atoms with E-state index in [1.807, 2.05) is 31.2 Å². The van der Waals surface area contributed by atoms with Gasteiger partial charge in [-0.15, -0.1) is 0 Å². The van der Waals surface area contributed by atoms with Gasteiger partial charge in [-0.1, -0.05) is 38.1 Å². The molecule has 1 aromatic carbocycles. The predicted octanol–water partition coefficient (Wildman–Crippen LogP) is 2.20. The molecule has 0 saturated carbocycles. The summed E-state index contributed by atoms with van der Waals surface area (Å²) in [4.78, 5) is 16.4. The first kappa shape index (κ1) is 19.1. The van der Waals surface area contributed by atoms with Crippen molar-refractivity contribution < 1.29 is 4.79 Å². The van der Waals surface area contributed by atoms with Crippen molar-refractivity contribution in [1.82, 2.24) is 4.98 Å². The predicted molar refractivity (Wildman–Crippen MR) is 102 cm³/mol. The number of hydrogen-bond acceptors (Lipinski definition) is 4. The Morgan fingerprint density at radius 3 is 2.20 bits per heavy atom. The van der Waals surface area contributed by atoms with Gasteiger partial charge in [0.2, 0.25) is 5.91 Å². The largest absolute Gasteiger partial charge is 0.369 e. The molecule has 0 aliphatic carbocycles. The molecule has 25 heavy (non-hydrogen) atoms. The third-order valence-electron chi connectivity index (χ3n) is 4.33. The van der Waals surface area contributed by atoms with Crippen molar-refractivity contribution in [1.29, 1.82) is 0 Å². The lowest BCUT2D eigenvalue weighted by atomic mass is 9.88. The fourth-order valence-electron chi connectivity index (χ4n) is 3.17. The Morgan fingerprint density at radius 1 is 1.08 bits per heavy atom. The molecule has 0 atom stereocenters. The number of carbonyl (C=O) groups excluding carboxylic acids is 1. The first-order valence-electron chi connectivity index (χ1n) is 8.66. The van der Waals surface area contributed by atoms with Gasteiger partial charge in [0.25, 0.3) is 0 Å². The van der Waals surface area contributed by atoms with E-state index in [1.54, 1.807) is 0 Å². The number of aryl methyl sites for hydroxylation is 1. The third kappa shape index (κ3) is 4.44. The minimum Gasteiger partial charge on any atom is -0.369 e. The summed E-state index contributed by atoms with van der Waals surface area (Å²) < 4.78 is 0. The summed E-state index contributed by atoms with van der Waals surface area (Å²) in [6.45, 7) is 7.11. The number of nitrogens with zero attached hydrogens (tertiary/aromatic N) is 1. The summed E-state index contributed by atoms with van der Waals surface area (Å²) in [5.74, 6) is 0.0935. The Balaban J connectivity index is 2.73. The van der Waals surface area contributed by atoms with Crippen LogP contribution in [0.3, 0.4) is 0 Å². The summed E-state index contributed by atoms with van der Waals surface area (Å²) in [5, 5.41) is 0. The monoisotopic (exact) mass is 340 g/mol. The molecule has 1 heterocycles. The summed E-state index contributed by atoms with van der Waals surface area (Å²) in [6.07, 6.45) is 1.000. The van der Waals surface area contributed by atoms with Gasteiger partial charge in [-0.25, -0.2) is 0 Å². The van der Waals surface area contributed by atoms with E-state index in [1.165, 1.54) is 0 Å². The summed E-state index contributed by atoms with van der Waals surface area (Å²) in [6, 6.07) is 8.06. The van der Waals surface area contributed by atoms with Crippen LogP contribution < -0.4 is 17.2 Å². The standard InChI is InChI=1S/C20H28N4O/c1-12(2)8-18-17(11-22)20(15-6-4-14(10-21)5-7-15)16(9-19(23)25)13(3)24-18/h4-7,12H,8-11,21-22H2,1-3H3,(H2,23,25). The Labute approximate surface area is 149 Å². The second-order valence-electron chi connectivity index (χ2n) is 6.82. The number of carbonyl (C=O) groups is 1. The van der Waals surface area contributed by atoms with Gasteiger partial charge in [-0.3, -0.25) is 9.78 Å². The van der Waals surface area contributed by atoms with Crippen molar-refractivity contribution >= 4 is 5.91 Å². The van der Waals surface area contributed by atoms with Crippen LogP contribution in [-0.2, 0) is 30.7 Å². The molecule has 0 spiro atoms. The molecule has 0 fully saturated rings. The fourth-order valence-corrected chi connectivity index (χ4v) is 3.17. The maximum atomic E-state index is 11.6. The lowest BCUT2D eigenvalue weighted by molar-refractivity contribution is -0.117. The maximum absolute atomic E-state index is 11.6. The first-order valence-corrected chi connectivity index (χ1v) is 8.66. The molecular formula is C20H28N4O. The van der Waals surface area contributed by atoms with Crippen LogP contribution in [-0.4, -0.2) is 10.9 Å². The number of benzene rings is 1. The summed E-state index contributed by atoms with van der Waals surface area (Å²) in [5.41, 5.74) is 24.0. The topological polar surface area (TPSA) is 108 Å². The smallest absolute Gasteiger partial charge is 0.221 e. The zero-order valence-electron chi connectivity index (χ0n) is 15.3. The minimum atomic E-state index is -0.371. The van der Waals surface area contributed by atoms with Crippen LogP contribution >= 0.6 is 0 Å². The molecule has 0 bridgehead atoms. The number of hydrogen-bond donors (Lipinski definition) is 3. The molecule has 1 aromatic heterocycles. The second-order valence-corrected chi connectivity index (χ2v) is 6.82. The van der Waals surface area contributed by atoms with Crippen molar-refractivity contribution in [2.75, 3.05) is 0 Å². The van der Waals surface area contributed by atoms with Gasteiger partial charge in [-0.2, -0.15) is 0 Å². The average Bonchev–Trinajstić information content (AvgIpc) is 2.56. The maximum Gasteiger partial charge on any atom is 0.221 e. The zero-order chi connectivity index (χ0) is 18.6. The molecule has 0 unspecified atom stereocenters. The summed E-state index contributed by atoms with van der Waals surface area (Å²) >= 11 is 0. The normalized spacial score (nSPS) is 11.1. The molecule has 2 rings (SSSR count). The highest BCUT2D eigenvalue weighted by atomic mass is 16.1. The SMILES string of the molecule is Cc1nc(CC(C)C)c(CN)c(-c2ccc(CN)cc2)c1CC(N)=O. The lowest BCUT2D eigenvalue weighted by Gasteiger charge is -2.20. The van der Waals surface area contributed by atoms with Gasteiger partial charge in [-0.05, 0) is 47.1 Å². The molecule has 5 heteroatoms. The van der Waals surface area contributed by atoms with Gasteiger partial charge >= 0.3 is 0 Å². The second kappa shape index (κ2) is 8.23.